The lowest BCUT2D eigenvalue weighted by atomic mass is 10.1. The fourth-order valence-electron chi connectivity index (χ4n) is 1.40. The normalized spacial score (nSPS) is 11.4. The van der Waals surface area contributed by atoms with Crippen LogP contribution >= 0.6 is 0 Å². The summed E-state index contributed by atoms with van der Waals surface area (Å²) in [6.45, 7) is 0. The number of halogens is 5. The van der Waals surface area contributed by atoms with Crippen molar-refractivity contribution in [3.63, 3.8) is 0 Å². The Labute approximate surface area is 103 Å². The number of rotatable bonds is 2. The van der Waals surface area contributed by atoms with Crippen LogP contribution in [0, 0.1) is 12.0 Å². The summed E-state index contributed by atoms with van der Waals surface area (Å²) >= 11 is 0. The highest BCUT2D eigenvalue weighted by atomic mass is 19.4. The average molecular weight is 276 g/mol. The standard InChI is InChI=1S/C11H5F5N2O/c12-9-8(5-17-10(13)18-9)6-2-1-3-7(4-6)19-11(14,15)16/h1-5H. The van der Waals surface area contributed by atoms with Crippen LogP contribution in [0.5, 0.6) is 5.75 Å². The van der Waals surface area contributed by atoms with Gasteiger partial charge in [0, 0.05) is 6.20 Å². The van der Waals surface area contributed by atoms with E-state index in [2.05, 4.69) is 14.7 Å². The van der Waals surface area contributed by atoms with E-state index in [0.29, 0.717) is 0 Å². The SMILES string of the molecule is Fc1ncc(-c2cccc(OC(F)(F)F)c2)c(F)n1. The monoisotopic (exact) mass is 276 g/mol. The molecule has 2 rings (SSSR count). The summed E-state index contributed by atoms with van der Waals surface area (Å²) in [4.78, 5) is 5.99. The molecule has 8 heteroatoms. The summed E-state index contributed by atoms with van der Waals surface area (Å²) in [5.74, 6) is -1.69. The molecule has 3 nitrogen and oxygen atoms in total. The first-order valence-corrected chi connectivity index (χ1v) is 4.89. The summed E-state index contributed by atoms with van der Waals surface area (Å²) < 4.78 is 65.7. The molecular weight excluding hydrogens is 271 g/mol. The minimum absolute atomic E-state index is 0.0410. The molecular formula is C11H5F5N2O. The molecule has 0 N–H and O–H groups in total. The number of aromatic nitrogens is 2. The zero-order valence-electron chi connectivity index (χ0n) is 9.08. The minimum Gasteiger partial charge on any atom is -0.406 e. The summed E-state index contributed by atoms with van der Waals surface area (Å²) in [5.41, 5.74) is -0.187. The van der Waals surface area contributed by atoms with E-state index in [1.807, 2.05) is 0 Å². The van der Waals surface area contributed by atoms with Gasteiger partial charge in [-0.3, -0.25) is 0 Å². The molecule has 0 aliphatic carbocycles. The van der Waals surface area contributed by atoms with E-state index < -0.39 is 24.1 Å². The second kappa shape index (κ2) is 4.79. The fraction of sp³-hybridized carbons (Fsp3) is 0.0909. The van der Waals surface area contributed by atoms with Gasteiger partial charge in [0.2, 0.25) is 5.95 Å². The van der Waals surface area contributed by atoms with Crippen LogP contribution in [0.2, 0.25) is 0 Å². The molecule has 0 aliphatic rings. The zero-order chi connectivity index (χ0) is 14.0. The highest BCUT2D eigenvalue weighted by Crippen LogP contribution is 2.28. The van der Waals surface area contributed by atoms with E-state index >= 15 is 0 Å². The molecule has 0 saturated carbocycles. The Hall–Kier alpha value is -2.25. The lowest BCUT2D eigenvalue weighted by Gasteiger charge is -2.10. The topological polar surface area (TPSA) is 35.0 Å². The third kappa shape index (κ3) is 3.36. The molecule has 0 aliphatic heterocycles. The number of hydrogen-bond donors (Lipinski definition) is 0. The molecule has 2 aromatic rings. The lowest BCUT2D eigenvalue weighted by molar-refractivity contribution is -0.274. The van der Waals surface area contributed by atoms with Gasteiger partial charge in [-0.15, -0.1) is 13.2 Å². The minimum atomic E-state index is -4.85. The van der Waals surface area contributed by atoms with E-state index in [1.165, 1.54) is 12.1 Å². The Bertz CT molecular complexity index is 600. The van der Waals surface area contributed by atoms with Crippen LogP contribution in [0.15, 0.2) is 30.5 Å². The second-order valence-electron chi connectivity index (χ2n) is 3.42. The van der Waals surface area contributed by atoms with Crippen molar-refractivity contribution in [3.8, 4) is 16.9 Å². The van der Waals surface area contributed by atoms with Crippen LogP contribution in [0.3, 0.4) is 0 Å². The summed E-state index contributed by atoms with van der Waals surface area (Å²) in [6, 6.07) is 4.56. The van der Waals surface area contributed by atoms with Gasteiger partial charge in [-0.05, 0) is 17.7 Å². The molecule has 0 radical (unpaired) electrons. The van der Waals surface area contributed by atoms with E-state index in [-0.39, 0.29) is 11.1 Å². The van der Waals surface area contributed by atoms with Crippen LogP contribution in [0.1, 0.15) is 0 Å². The van der Waals surface area contributed by atoms with E-state index in [4.69, 9.17) is 0 Å². The van der Waals surface area contributed by atoms with Gasteiger partial charge in [-0.2, -0.15) is 13.8 Å². The molecule has 1 heterocycles. The molecule has 0 atom stereocenters. The quantitative estimate of drug-likeness (QED) is 0.479. The predicted octanol–water partition coefficient (Wildman–Crippen LogP) is 3.32. The summed E-state index contributed by atoms with van der Waals surface area (Å²) in [7, 11) is 0. The Balaban J connectivity index is 2.38. The largest absolute Gasteiger partial charge is 0.573 e. The smallest absolute Gasteiger partial charge is 0.406 e. The van der Waals surface area contributed by atoms with E-state index in [1.54, 1.807) is 0 Å². The van der Waals surface area contributed by atoms with Crippen molar-refractivity contribution in [2.45, 2.75) is 6.36 Å². The fourth-order valence-corrected chi connectivity index (χ4v) is 1.40. The number of benzene rings is 1. The molecule has 1 aromatic heterocycles. The van der Waals surface area contributed by atoms with E-state index in [0.717, 1.165) is 18.3 Å². The van der Waals surface area contributed by atoms with Crippen LogP contribution in [0.25, 0.3) is 11.1 Å². The Morgan fingerprint density at radius 3 is 2.47 bits per heavy atom. The van der Waals surface area contributed by atoms with Gasteiger partial charge in [0.25, 0.3) is 0 Å². The number of ether oxygens (including phenoxy) is 1. The number of alkyl halides is 3. The van der Waals surface area contributed by atoms with Crippen molar-refractivity contribution < 1.29 is 26.7 Å². The van der Waals surface area contributed by atoms with Gasteiger partial charge in [-0.1, -0.05) is 12.1 Å². The molecule has 0 saturated heterocycles. The van der Waals surface area contributed by atoms with Crippen molar-refractivity contribution >= 4 is 0 Å². The first kappa shape index (κ1) is 13.2. The van der Waals surface area contributed by atoms with Gasteiger partial charge in [0.15, 0.2) is 0 Å². The highest BCUT2D eigenvalue weighted by molar-refractivity contribution is 5.63. The maximum Gasteiger partial charge on any atom is 0.573 e. The first-order valence-electron chi connectivity index (χ1n) is 4.89. The summed E-state index contributed by atoms with van der Waals surface area (Å²) in [5, 5.41) is 0. The molecule has 0 unspecified atom stereocenters. The maximum atomic E-state index is 13.4. The Morgan fingerprint density at radius 1 is 1.11 bits per heavy atom. The molecule has 0 fully saturated rings. The number of hydrogen-bond acceptors (Lipinski definition) is 3. The second-order valence-corrected chi connectivity index (χ2v) is 3.42. The average Bonchev–Trinajstić information content (AvgIpc) is 2.26. The van der Waals surface area contributed by atoms with Gasteiger partial charge in [0.1, 0.15) is 5.75 Å². The van der Waals surface area contributed by atoms with Crippen LogP contribution in [-0.2, 0) is 0 Å². The lowest BCUT2D eigenvalue weighted by Crippen LogP contribution is -2.17. The van der Waals surface area contributed by atoms with Crippen molar-refractivity contribution in [1.29, 1.82) is 0 Å². The van der Waals surface area contributed by atoms with Gasteiger partial charge >= 0.3 is 12.4 Å². The molecule has 0 amide bonds. The van der Waals surface area contributed by atoms with Gasteiger partial charge in [-0.25, -0.2) is 4.98 Å². The van der Waals surface area contributed by atoms with Crippen LogP contribution < -0.4 is 4.74 Å². The number of nitrogens with zero attached hydrogens (tertiary/aromatic N) is 2. The zero-order valence-corrected chi connectivity index (χ0v) is 9.08. The Kier molecular flexibility index (Phi) is 3.32. The molecule has 100 valence electrons. The molecule has 19 heavy (non-hydrogen) atoms. The van der Waals surface area contributed by atoms with Gasteiger partial charge in [0.05, 0.1) is 5.56 Å². The maximum absolute atomic E-state index is 13.4. The predicted molar refractivity (Wildman–Crippen MR) is 54.1 cm³/mol. The molecule has 1 aromatic carbocycles. The first-order chi connectivity index (χ1) is 8.85. The summed E-state index contributed by atoms with van der Waals surface area (Å²) in [6.07, 6.45) is -5.27. The van der Waals surface area contributed by atoms with Crippen LogP contribution in [0.4, 0.5) is 22.0 Å². The Morgan fingerprint density at radius 2 is 1.84 bits per heavy atom. The molecule has 0 bridgehead atoms. The van der Waals surface area contributed by atoms with Crippen LogP contribution in [-0.4, -0.2) is 16.3 Å². The van der Waals surface area contributed by atoms with Crippen molar-refractivity contribution in [2.24, 2.45) is 0 Å². The van der Waals surface area contributed by atoms with Crippen molar-refractivity contribution in [3.05, 3.63) is 42.5 Å². The highest BCUT2D eigenvalue weighted by Gasteiger charge is 2.31. The third-order valence-corrected chi connectivity index (χ3v) is 2.09. The van der Waals surface area contributed by atoms with E-state index in [9.17, 15) is 22.0 Å². The van der Waals surface area contributed by atoms with Gasteiger partial charge < -0.3 is 4.74 Å². The third-order valence-electron chi connectivity index (χ3n) is 2.09. The van der Waals surface area contributed by atoms with Crippen molar-refractivity contribution in [1.82, 2.24) is 9.97 Å². The molecule has 0 spiro atoms. The van der Waals surface area contributed by atoms with Crippen molar-refractivity contribution in [2.75, 3.05) is 0 Å².